The average molecular weight is 700 g/mol. The fourth-order valence-electron chi connectivity index (χ4n) is 5.56. The normalized spacial score (nSPS) is 17.5. The molecule has 268 valence electrons. The Morgan fingerprint density at radius 3 is 1.62 bits per heavy atom. The van der Waals surface area contributed by atoms with Crippen LogP contribution in [0.1, 0.15) is 55.2 Å². The summed E-state index contributed by atoms with van der Waals surface area (Å²) in [6.45, 7) is 0.171. The van der Waals surface area contributed by atoms with E-state index in [4.69, 9.17) is 14.2 Å². The molecule has 0 bridgehead atoms. The number of rotatable bonds is 14. The molecule has 0 saturated heterocycles. The number of aliphatic hydroxyl groups excluding tert-OH is 1. The summed E-state index contributed by atoms with van der Waals surface area (Å²) in [6, 6.07) is 26.1. The molecule has 2 atom stereocenters. The number of hydrogen-bond donors (Lipinski definition) is 2. The molecule has 0 heterocycles. The quantitative estimate of drug-likeness (QED) is 0.0774. The second kappa shape index (κ2) is 18.3. The summed E-state index contributed by atoms with van der Waals surface area (Å²) in [6.07, 6.45) is 0.0520. The summed E-state index contributed by atoms with van der Waals surface area (Å²) < 4.78 is 66.8. The smallest absolute Gasteiger partial charge is 0.407 e. The van der Waals surface area contributed by atoms with Crippen molar-refractivity contribution < 1.29 is 51.3 Å². The third-order valence-corrected chi connectivity index (χ3v) is 8.25. The number of alkyl carbamates (subject to hydrolysis) is 1. The van der Waals surface area contributed by atoms with E-state index in [2.05, 4.69) is 5.32 Å². The van der Waals surface area contributed by atoms with Crippen molar-refractivity contribution in [3.8, 4) is 0 Å². The molecule has 0 aliphatic heterocycles. The Morgan fingerprint density at radius 2 is 1.14 bits per heavy atom. The summed E-state index contributed by atoms with van der Waals surface area (Å²) in [7, 11) is 0. The van der Waals surface area contributed by atoms with E-state index < -0.39 is 47.9 Å². The van der Waals surface area contributed by atoms with Crippen LogP contribution in [0.4, 0.5) is 22.4 Å². The molecule has 0 aromatic heterocycles. The lowest BCUT2D eigenvalue weighted by atomic mass is 9.76. The van der Waals surface area contributed by atoms with E-state index >= 15 is 0 Å². The summed E-state index contributed by atoms with van der Waals surface area (Å²) in [4.78, 5) is 35.9. The maximum absolute atomic E-state index is 13.2. The Bertz CT molecular complexity index is 1520. The molecule has 2 unspecified atom stereocenters. The Morgan fingerprint density at radius 1 is 0.700 bits per heavy atom. The van der Waals surface area contributed by atoms with Gasteiger partial charge in [-0.3, -0.25) is 0 Å². The minimum absolute atomic E-state index is 0.00452. The topological polar surface area (TPSA) is 111 Å². The van der Waals surface area contributed by atoms with Gasteiger partial charge in [0, 0.05) is 31.8 Å². The van der Waals surface area contributed by atoms with E-state index in [0.29, 0.717) is 6.42 Å². The number of esters is 2. The molecular weight excluding hydrogens is 658 g/mol. The van der Waals surface area contributed by atoms with Crippen LogP contribution in [0.15, 0.2) is 103 Å². The molecule has 2 saturated carbocycles. The summed E-state index contributed by atoms with van der Waals surface area (Å²) in [5.74, 6) is -7.05. The van der Waals surface area contributed by atoms with Gasteiger partial charge >= 0.3 is 18.0 Å². The van der Waals surface area contributed by atoms with Gasteiger partial charge in [-0.15, -0.1) is 0 Å². The Kier molecular flexibility index (Phi) is 14.0. The molecule has 0 spiro atoms. The van der Waals surface area contributed by atoms with Crippen LogP contribution < -0.4 is 5.32 Å². The van der Waals surface area contributed by atoms with Crippen molar-refractivity contribution >= 4 is 18.0 Å². The molecule has 5 rings (SSSR count). The number of nitrogens with one attached hydrogen (secondary N) is 1. The van der Waals surface area contributed by atoms with Gasteiger partial charge in [0.1, 0.15) is 19.8 Å². The lowest BCUT2D eigenvalue weighted by molar-refractivity contribution is -0.158. The molecule has 50 heavy (non-hydrogen) atoms. The van der Waals surface area contributed by atoms with Crippen LogP contribution in [0.2, 0.25) is 0 Å². The van der Waals surface area contributed by atoms with Crippen molar-refractivity contribution in [1.29, 1.82) is 0 Å². The van der Waals surface area contributed by atoms with Crippen LogP contribution in [0.5, 0.6) is 0 Å². The van der Waals surface area contributed by atoms with E-state index in [1.54, 1.807) is 54.6 Å². The van der Waals surface area contributed by atoms with E-state index in [-0.39, 0.29) is 57.8 Å². The first-order chi connectivity index (χ1) is 23.9. The summed E-state index contributed by atoms with van der Waals surface area (Å²) >= 11 is 0. The molecule has 3 aromatic rings. The number of aliphatic hydroxyl groups is 1. The zero-order valence-electron chi connectivity index (χ0n) is 27.4. The van der Waals surface area contributed by atoms with Crippen LogP contribution in [-0.2, 0) is 43.6 Å². The number of alkyl halides is 4. The SMILES string of the molecule is O=C(C=CCC1CC(F)(F)C1)OCc1ccccc1.O=C(NC(CC1CC(F)(F)C1)C(O)C(=O)OCc1ccccc1)OCc1ccccc1. The number of hydrogen-bond acceptors (Lipinski definition) is 7. The summed E-state index contributed by atoms with van der Waals surface area (Å²) in [5.41, 5.74) is 2.41. The predicted octanol–water partition coefficient (Wildman–Crippen LogP) is 7.54. The van der Waals surface area contributed by atoms with Gasteiger partial charge in [0.05, 0.1) is 6.04 Å². The fraction of sp³-hybridized carbons (Fsp3) is 0.395. The van der Waals surface area contributed by atoms with Crippen LogP contribution in [-0.4, -0.2) is 47.1 Å². The van der Waals surface area contributed by atoms with Crippen molar-refractivity contribution in [2.24, 2.45) is 11.8 Å². The minimum atomic E-state index is -2.75. The van der Waals surface area contributed by atoms with Gasteiger partial charge in [0.15, 0.2) is 6.10 Å². The van der Waals surface area contributed by atoms with E-state index in [1.807, 2.05) is 42.5 Å². The van der Waals surface area contributed by atoms with Crippen LogP contribution in [0, 0.1) is 11.8 Å². The van der Waals surface area contributed by atoms with Crippen molar-refractivity contribution in [1.82, 2.24) is 5.32 Å². The summed E-state index contributed by atoms with van der Waals surface area (Å²) in [5, 5.41) is 12.9. The molecule has 3 aromatic carbocycles. The standard InChI is InChI=1S/C23H25F2NO5.C15H16F2O2/c24-23(25)12-18(13-23)11-19(26-22(29)31-15-17-9-5-2-6-10-17)20(27)21(28)30-14-16-7-3-1-4-8-16;16-15(17)9-13(10-15)7-4-8-14(18)19-11-12-5-2-1-3-6-12/h1-10,18-20,27H,11-15H2,(H,26,29);1-6,8,13H,7,9-11H2. The molecule has 0 radical (unpaired) electrons. The van der Waals surface area contributed by atoms with Crippen molar-refractivity contribution in [2.45, 2.75) is 82.3 Å². The highest BCUT2D eigenvalue weighted by molar-refractivity contribution is 5.81. The highest BCUT2D eigenvalue weighted by Crippen LogP contribution is 2.45. The van der Waals surface area contributed by atoms with Gasteiger partial charge in [-0.25, -0.2) is 31.9 Å². The van der Waals surface area contributed by atoms with Crippen molar-refractivity contribution in [2.75, 3.05) is 0 Å². The van der Waals surface area contributed by atoms with Crippen LogP contribution in [0.25, 0.3) is 0 Å². The number of ether oxygens (including phenoxy) is 3. The van der Waals surface area contributed by atoms with Gasteiger partial charge in [0.25, 0.3) is 0 Å². The van der Waals surface area contributed by atoms with Crippen LogP contribution in [0.3, 0.4) is 0 Å². The molecule has 12 heteroatoms. The van der Waals surface area contributed by atoms with Crippen molar-refractivity contribution in [3.05, 3.63) is 120 Å². The average Bonchev–Trinajstić information content (AvgIpc) is 3.08. The molecule has 2 aliphatic carbocycles. The number of carbonyl (C=O) groups is 3. The molecule has 8 nitrogen and oxygen atoms in total. The van der Waals surface area contributed by atoms with E-state index in [9.17, 15) is 37.1 Å². The molecule has 2 fully saturated rings. The fourth-order valence-corrected chi connectivity index (χ4v) is 5.56. The number of allylic oxidation sites excluding steroid dienone is 1. The van der Waals surface area contributed by atoms with E-state index in [1.165, 1.54) is 6.08 Å². The van der Waals surface area contributed by atoms with Crippen molar-refractivity contribution in [3.63, 3.8) is 0 Å². The van der Waals surface area contributed by atoms with Gasteiger partial charge in [-0.05, 0) is 41.4 Å². The Hall–Kier alpha value is -4.71. The molecule has 2 aliphatic rings. The highest BCUT2D eigenvalue weighted by atomic mass is 19.3. The maximum Gasteiger partial charge on any atom is 0.407 e. The third-order valence-electron chi connectivity index (χ3n) is 8.25. The largest absolute Gasteiger partial charge is 0.459 e. The van der Waals surface area contributed by atoms with Gasteiger partial charge in [-0.1, -0.05) is 97.1 Å². The first kappa shape index (κ1) is 38.1. The predicted molar refractivity (Wildman–Crippen MR) is 176 cm³/mol. The van der Waals surface area contributed by atoms with Crippen LogP contribution >= 0.6 is 0 Å². The number of carbonyl (C=O) groups excluding carboxylic acids is 3. The van der Waals surface area contributed by atoms with Gasteiger partial charge in [0.2, 0.25) is 11.8 Å². The lowest BCUT2D eigenvalue weighted by Crippen LogP contribution is -2.50. The second-order valence-electron chi connectivity index (χ2n) is 12.6. The Balaban J connectivity index is 0.000000252. The monoisotopic (exact) mass is 699 g/mol. The first-order valence-corrected chi connectivity index (χ1v) is 16.4. The number of halogens is 4. The van der Waals surface area contributed by atoms with E-state index in [0.717, 1.165) is 16.7 Å². The zero-order valence-corrected chi connectivity index (χ0v) is 27.4. The lowest BCUT2D eigenvalue weighted by Gasteiger charge is -2.37. The third kappa shape index (κ3) is 13.3. The highest BCUT2D eigenvalue weighted by Gasteiger charge is 2.47. The molecule has 1 amide bonds. The van der Waals surface area contributed by atoms with Gasteiger partial charge < -0.3 is 24.6 Å². The van der Waals surface area contributed by atoms with Gasteiger partial charge in [-0.2, -0.15) is 0 Å². The maximum atomic E-state index is 13.2. The number of amides is 1. The zero-order chi connectivity index (χ0) is 36.0. The first-order valence-electron chi connectivity index (χ1n) is 16.4. The minimum Gasteiger partial charge on any atom is -0.459 e. The number of benzene rings is 3. The second-order valence-corrected chi connectivity index (χ2v) is 12.6. The Labute approximate surface area is 288 Å². The molecular formula is C38H41F4NO7. The molecule has 2 N–H and O–H groups in total.